The van der Waals surface area contributed by atoms with E-state index in [4.69, 9.17) is 0 Å². The molecule has 1 aromatic heterocycles. The van der Waals surface area contributed by atoms with Crippen molar-refractivity contribution in [2.24, 2.45) is 13.0 Å². The summed E-state index contributed by atoms with van der Waals surface area (Å²) in [5.74, 6) is 0.903. The van der Waals surface area contributed by atoms with Crippen molar-refractivity contribution in [2.45, 2.75) is 40.0 Å². The fourth-order valence-electron chi connectivity index (χ4n) is 0.977. The summed E-state index contributed by atoms with van der Waals surface area (Å²) in [6.45, 7) is 6.79. The summed E-state index contributed by atoms with van der Waals surface area (Å²) in [5, 5.41) is 0. The third-order valence-electron chi connectivity index (χ3n) is 1.82. The molecule has 0 saturated heterocycles. The first-order valence-electron chi connectivity index (χ1n) is 5.14. The number of imidazole rings is 1. The van der Waals surface area contributed by atoms with Crippen LogP contribution in [0.3, 0.4) is 0 Å². The molecule has 2 nitrogen and oxygen atoms in total. The van der Waals surface area contributed by atoms with Gasteiger partial charge in [-0.1, -0.05) is 40.0 Å². The van der Waals surface area contributed by atoms with E-state index >= 15 is 0 Å². The molecule has 0 aliphatic rings. The molecule has 0 aromatic carbocycles. The van der Waals surface area contributed by atoms with E-state index in [0.717, 1.165) is 5.92 Å². The molecule has 2 heteroatoms. The van der Waals surface area contributed by atoms with Crippen molar-refractivity contribution in [3.8, 4) is 0 Å². The van der Waals surface area contributed by atoms with Crippen LogP contribution in [0.5, 0.6) is 0 Å². The molecule has 0 saturated carbocycles. The van der Waals surface area contributed by atoms with Gasteiger partial charge >= 0.3 is 0 Å². The van der Waals surface area contributed by atoms with E-state index in [2.05, 4.69) is 25.8 Å². The van der Waals surface area contributed by atoms with Crippen molar-refractivity contribution < 1.29 is 4.57 Å². The molecule has 1 heterocycles. The number of aromatic amines is 1. The molecule has 0 fully saturated rings. The Balaban J connectivity index is 0.000000223. The van der Waals surface area contributed by atoms with E-state index in [-0.39, 0.29) is 0 Å². The van der Waals surface area contributed by atoms with Crippen LogP contribution in [0.15, 0.2) is 18.7 Å². The fourth-order valence-corrected chi connectivity index (χ4v) is 0.977. The van der Waals surface area contributed by atoms with Crippen LogP contribution in [-0.2, 0) is 7.05 Å². The number of nitrogens with zero attached hydrogens (tertiary/aromatic N) is 1. The molecule has 0 bridgehead atoms. The molecule has 0 aliphatic heterocycles. The van der Waals surface area contributed by atoms with Gasteiger partial charge in [0.25, 0.3) is 0 Å². The number of hydrogen-bond donors (Lipinski definition) is 1. The maximum absolute atomic E-state index is 2.89. The Labute approximate surface area is 82.0 Å². The van der Waals surface area contributed by atoms with Gasteiger partial charge in [-0.15, -0.1) is 0 Å². The van der Waals surface area contributed by atoms with Crippen molar-refractivity contribution in [2.75, 3.05) is 0 Å². The summed E-state index contributed by atoms with van der Waals surface area (Å²) in [5.41, 5.74) is 0. The molecule has 76 valence electrons. The topological polar surface area (TPSA) is 19.7 Å². The zero-order valence-corrected chi connectivity index (χ0v) is 9.38. The second kappa shape index (κ2) is 7.84. The molecule has 13 heavy (non-hydrogen) atoms. The average molecular weight is 183 g/mol. The Morgan fingerprint density at radius 1 is 1.38 bits per heavy atom. The van der Waals surface area contributed by atoms with Gasteiger partial charge in [0, 0.05) is 0 Å². The zero-order valence-electron chi connectivity index (χ0n) is 9.38. The van der Waals surface area contributed by atoms with Crippen molar-refractivity contribution in [1.82, 2.24) is 4.98 Å². The summed E-state index contributed by atoms with van der Waals surface area (Å²) >= 11 is 0. The number of hydrogen-bond acceptors (Lipinski definition) is 0. The van der Waals surface area contributed by atoms with Crippen LogP contribution in [0.2, 0.25) is 0 Å². The maximum atomic E-state index is 2.89. The first kappa shape index (κ1) is 12.2. The number of H-pyrrole nitrogens is 1. The third-order valence-corrected chi connectivity index (χ3v) is 1.82. The van der Waals surface area contributed by atoms with Crippen LogP contribution in [0.1, 0.15) is 40.0 Å². The van der Waals surface area contributed by atoms with E-state index < -0.39 is 0 Å². The quantitative estimate of drug-likeness (QED) is 0.695. The monoisotopic (exact) mass is 183 g/mol. The molecule has 0 radical (unpaired) electrons. The first-order valence-corrected chi connectivity index (χ1v) is 5.14. The lowest BCUT2D eigenvalue weighted by atomic mass is 10.1. The van der Waals surface area contributed by atoms with Crippen molar-refractivity contribution in [1.29, 1.82) is 0 Å². The Hall–Kier alpha value is -0.790. The molecule has 1 N–H and O–H groups in total. The van der Waals surface area contributed by atoms with Gasteiger partial charge in [0.2, 0.25) is 6.33 Å². The number of nitrogens with one attached hydrogen (secondary N) is 1. The standard InChI is InChI=1S/C7H16.C4H6N2/c1-4-5-6-7(2)3;1-6-3-2-5-4-6/h7H,4-6H2,1-3H3;2-4H,1H3/p+1. The summed E-state index contributed by atoms with van der Waals surface area (Å²) in [6.07, 6.45) is 9.84. The third kappa shape index (κ3) is 9.12. The second-order valence-corrected chi connectivity index (χ2v) is 3.81. The number of aryl methyl sites for hydroxylation is 1. The summed E-state index contributed by atoms with van der Waals surface area (Å²) in [7, 11) is 1.97. The van der Waals surface area contributed by atoms with Gasteiger partial charge in [-0.3, -0.25) is 4.98 Å². The number of unbranched alkanes of at least 4 members (excludes halogenated alkanes) is 1. The van der Waals surface area contributed by atoms with E-state index in [1.54, 1.807) is 0 Å². The highest BCUT2D eigenvalue weighted by Crippen LogP contribution is 2.04. The maximum Gasteiger partial charge on any atom is 0.241 e. The minimum absolute atomic E-state index is 0.903. The molecule has 0 atom stereocenters. The van der Waals surface area contributed by atoms with Crippen LogP contribution in [-0.4, -0.2) is 4.98 Å². The van der Waals surface area contributed by atoms with Gasteiger partial charge in [-0.05, 0) is 5.92 Å². The summed E-state index contributed by atoms with van der Waals surface area (Å²) in [4.78, 5) is 2.89. The van der Waals surface area contributed by atoms with Crippen molar-refractivity contribution in [3.05, 3.63) is 18.7 Å². The Kier molecular flexibility index (Phi) is 7.36. The minimum Gasteiger partial charge on any atom is -0.250 e. The first-order chi connectivity index (χ1) is 6.16. The molecule has 1 aromatic rings. The Morgan fingerprint density at radius 3 is 2.23 bits per heavy atom. The van der Waals surface area contributed by atoms with Crippen LogP contribution in [0.4, 0.5) is 0 Å². The Morgan fingerprint density at radius 2 is 2.08 bits per heavy atom. The van der Waals surface area contributed by atoms with Crippen LogP contribution >= 0.6 is 0 Å². The Bertz CT molecular complexity index is 178. The molecule has 0 amide bonds. The average Bonchev–Trinajstić information content (AvgIpc) is 2.53. The van der Waals surface area contributed by atoms with E-state index in [1.807, 2.05) is 30.3 Å². The zero-order chi connectivity index (χ0) is 10.1. The molecule has 0 spiro atoms. The minimum atomic E-state index is 0.903. The van der Waals surface area contributed by atoms with Gasteiger partial charge in [-0.25, -0.2) is 4.57 Å². The van der Waals surface area contributed by atoms with Gasteiger partial charge < -0.3 is 0 Å². The smallest absolute Gasteiger partial charge is 0.241 e. The largest absolute Gasteiger partial charge is 0.250 e. The molecular weight excluding hydrogens is 160 g/mol. The highest BCUT2D eigenvalue weighted by Gasteiger charge is 1.88. The second-order valence-electron chi connectivity index (χ2n) is 3.81. The van der Waals surface area contributed by atoms with Gasteiger partial charge in [0.1, 0.15) is 12.4 Å². The van der Waals surface area contributed by atoms with Crippen LogP contribution < -0.4 is 4.57 Å². The lowest BCUT2D eigenvalue weighted by Crippen LogP contribution is -2.22. The predicted octanol–water partition coefficient (Wildman–Crippen LogP) is 2.67. The van der Waals surface area contributed by atoms with Crippen molar-refractivity contribution >= 4 is 0 Å². The summed E-state index contributed by atoms with van der Waals surface area (Å²) < 4.78 is 1.94. The highest BCUT2D eigenvalue weighted by molar-refractivity contribution is 4.54. The van der Waals surface area contributed by atoms with E-state index in [1.165, 1.54) is 19.3 Å². The molecule has 0 aliphatic carbocycles. The fraction of sp³-hybridized carbons (Fsp3) is 0.727. The van der Waals surface area contributed by atoms with Gasteiger partial charge in [0.05, 0.1) is 7.05 Å². The number of aromatic nitrogens is 2. The molecular formula is C11H23N2+. The normalized spacial score (nSPS) is 9.62. The number of rotatable bonds is 3. The molecule has 1 rings (SSSR count). The summed E-state index contributed by atoms with van der Waals surface area (Å²) in [6, 6.07) is 0. The lowest BCUT2D eigenvalue weighted by molar-refractivity contribution is -0.670. The van der Waals surface area contributed by atoms with Crippen LogP contribution in [0, 0.1) is 5.92 Å². The van der Waals surface area contributed by atoms with E-state index in [0.29, 0.717) is 0 Å². The van der Waals surface area contributed by atoms with Crippen molar-refractivity contribution in [3.63, 3.8) is 0 Å². The van der Waals surface area contributed by atoms with E-state index in [9.17, 15) is 0 Å². The SMILES string of the molecule is CCCCC(C)C.C[n+]1cc[nH]c1. The van der Waals surface area contributed by atoms with Gasteiger partial charge in [-0.2, -0.15) is 0 Å². The highest BCUT2D eigenvalue weighted by atomic mass is 15.0. The van der Waals surface area contributed by atoms with Gasteiger partial charge in [0.15, 0.2) is 0 Å². The molecule has 0 unspecified atom stereocenters. The van der Waals surface area contributed by atoms with Crippen LogP contribution in [0.25, 0.3) is 0 Å². The lowest BCUT2D eigenvalue weighted by Gasteiger charge is -1.98. The predicted molar refractivity (Wildman–Crippen MR) is 56.3 cm³/mol.